The molecule has 0 aromatic heterocycles. The van der Waals surface area contributed by atoms with Gasteiger partial charge in [-0.05, 0) is 62.8 Å². The predicted molar refractivity (Wildman–Crippen MR) is 69.1 cm³/mol. The third kappa shape index (κ3) is 2.85. The van der Waals surface area contributed by atoms with E-state index in [9.17, 15) is 0 Å². The minimum absolute atomic E-state index is 0.821. The van der Waals surface area contributed by atoms with Gasteiger partial charge in [-0.3, -0.25) is 0 Å². The van der Waals surface area contributed by atoms with Gasteiger partial charge in [0.05, 0.1) is 0 Å². The van der Waals surface area contributed by atoms with Crippen molar-refractivity contribution in [3.8, 4) is 0 Å². The lowest BCUT2D eigenvalue weighted by atomic mass is 9.96. The van der Waals surface area contributed by atoms with Gasteiger partial charge >= 0.3 is 0 Å². The smallest absolute Gasteiger partial charge is 0.0480 e. The molecular weight excluding hydrogens is 204 g/mol. The fourth-order valence-corrected chi connectivity index (χ4v) is 2.47. The molecule has 0 N–H and O–H groups in total. The largest absolute Gasteiger partial charge is 0.0955 e. The molecule has 0 saturated carbocycles. The average molecular weight is 223 g/mol. The van der Waals surface area contributed by atoms with Crippen LogP contribution in [0.25, 0.3) is 0 Å². The third-order valence-electron chi connectivity index (χ3n) is 2.77. The van der Waals surface area contributed by atoms with Crippen molar-refractivity contribution in [3.05, 3.63) is 46.1 Å². The summed E-state index contributed by atoms with van der Waals surface area (Å²) in [5.74, 6) is 0. The number of halogens is 1. The molecule has 0 amide bonds. The molecule has 0 fully saturated rings. The van der Waals surface area contributed by atoms with Crippen molar-refractivity contribution in [2.45, 2.75) is 40.0 Å². The highest BCUT2D eigenvalue weighted by Gasteiger charge is 2.17. The molecule has 0 spiro atoms. The van der Waals surface area contributed by atoms with Crippen molar-refractivity contribution >= 4 is 11.6 Å². The maximum Gasteiger partial charge on any atom is 0.0480 e. The van der Waals surface area contributed by atoms with E-state index < -0.39 is 0 Å². The Morgan fingerprint density at radius 2 is 2.07 bits per heavy atom. The molecule has 0 radical (unpaired) electrons. The van der Waals surface area contributed by atoms with Crippen LogP contribution in [0.1, 0.15) is 40.0 Å². The fourth-order valence-electron chi connectivity index (χ4n) is 2.07. The minimum Gasteiger partial charge on any atom is -0.0955 e. The number of allylic oxidation sites excluding steroid dienone is 7. The molecule has 0 nitrogen and oxygen atoms in total. The third-order valence-corrected chi connectivity index (χ3v) is 3.09. The van der Waals surface area contributed by atoms with Gasteiger partial charge < -0.3 is 0 Å². The van der Waals surface area contributed by atoms with E-state index in [2.05, 4.69) is 13.5 Å². The number of hydrogen-bond donors (Lipinski definition) is 0. The van der Waals surface area contributed by atoms with E-state index in [-0.39, 0.29) is 0 Å². The quantitative estimate of drug-likeness (QED) is 0.581. The van der Waals surface area contributed by atoms with Crippen molar-refractivity contribution in [1.82, 2.24) is 0 Å². The van der Waals surface area contributed by atoms with Gasteiger partial charge in [-0.2, -0.15) is 0 Å². The van der Waals surface area contributed by atoms with Gasteiger partial charge in [-0.25, -0.2) is 0 Å². The van der Waals surface area contributed by atoms with Gasteiger partial charge in [0.25, 0.3) is 0 Å². The number of hydrogen-bond acceptors (Lipinski definition) is 0. The summed E-state index contributed by atoms with van der Waals surface area (Å²) in [5.41, 5.74) is 5.10. The van der Waals surface area contributed by atoms with Gasteiger partial charge in [0.15, 0.2) is 0 Å². The van der Waals surface area contributed by atoms with Crippen LogP contribution in [0, 0.1) is 0 Å². The second-order valence-electron chi connectivity index (χ2n) is 4.12. The molecule has 0 bridgehead atoms. The van der Waals surface area contributed by atoms with Crippen LogP contribution < -0.4 is 0 Å². The molecule has 82 valence electrons. The Bertz CT molecular complexity index is 354. The Balaban J connectivity index is 3.20. The lowest BCUT2D eigenvalue weighted by Gasteiger charge is -2.11. The topological polar surface area (TPSA) is 0 Å². The van der Waals surface area contributed by atoms with E-state index in [1.807, 2.05) is 26.0 Å². The van der Waals surface area contributed by atoms with E-state index in [1.165, 1.54) is 24.0 Å². The average Bonchev–Trinajstić information content (AvgIpc) is 2.52. The molecular formula is C14H19Cl. The molecule has 1 rings (SSSR count). The Kier molecular flexibility index (Phi) is 4.41. The summed E-state index contributed by atoms with van der Waals surface area (Å²) in [6.07, 6.45) is 7.51. The molecule has 0 aromatic rings. The summed E-state index contributed by atoms with van der Waals surface area (Å²) >= 11 is 6.29. The molecule has 1 aliphatic rings. The predicted octanol–water partition coefficient (Wildman–Crippen LogP) is 5.13. The van der Waals surface area contributed by atoms with E-state index in [0.717, 1.165) is 22.6 Å². The Labute approximate surface area is 98.0 Å². The first-order chi connectivity index (χ1) is 7.07. The maximum absolute atomic E-state index is 6.29. The molecule has 1 aliphatic carbocycles. The lowest BCUT2D eigenvalue weighted by Crippen LogP contribution is -1.92. The zero-order chi connectivity index (χ0) is 11.4. The standard InChI is InChI=1S/C14H19Cl/c1-5-7-13(15)14(10(2)3)12-9-6-8-11(12)4/h5,7H,2,6,8-9H2,1,3-4H3. The van der Waals surface area contributed by atoms with Gasteiger partial charge in [0.1, 0.15) is 0 Å². The Hall–Kier alpha value is -0.750. The fraction of sp³-hybridized carbons (Fsp3) is 0.429. The molecule has 0 saturated heterocycles. The van der Waals surface area contributed by atoms with E-state index >= 15 is 0 Å². The van der Waals surface area contributed by atoms with Gasteiger partial charge in [0, 0.05) is 5.03 Å². The molecule has 0 heterocycles. The lowest BCUT2D eigenvalue weighted by molar-refractivity contribution is 0.895. The van der Waals surface area contributed by atoms with Gasteiger partial charge in [-0.15, -0.1) is 0 Å². The second-order valence-corrected chi connectivity index (χ2v) is 4.52. The van der Waals surface area contributed by atoms with Crippen LogP contribution >= 0.6 is 11.6 Å². The Morgan fingerprint density at radius 1 is 1.40 bits per heavy atom. The van der Waals surface area contributed by atoms with Gasteiger partial charge in [-0.1, -0.05) is 29.8 Å². The highest BCUT2D eigenvalue weighted by atomic mass is 35.5. The van der Waals surface area contributed by atoms with E-state index in [1.54, 1.807) is 0 Å². The summed E-state index contributed by atoms with van der Waals surface area (Å²) < 4.78 is 0. The van der Waals surface area contributed by atoms with Crippen molar-refractivity contribution in [1.29, 1.82) is 0 Å². The van der Waals surface area contributed by atoms with Crippen molar-refractivity contribution < 1.29 is 0 Å². The molecule has 0 aromatic carbocycles. The molecule has 0 unspecified atom stereocenters. The summed E-state index contributed by atoms with van der Waals surface area (Å²) in [5, 5.41) is 0.821. The minimum atomic E-state index is 0.821. The summed E-state index contributed by atoms with van der Waals surface area (Å²) in [6.45, 7) is 10.2. The molecule has 15 heavy (non-hydrogen) atoms. The summed E-state index contributed by atoms with van der Waals surface area (Å²) in [4.78, 5) is 0. The SMILES string of the molecule is C=C(C)C(=C(Cl)C=CC)C1=C(C)CCC1. The van der Waals surface area contributed by atoms with Crippen molar-refractivity contribution in [2.24, 2.45) is 0 Å². The van der Waals surface area contributed by atoms with Crippen LogP contribution in [0.3, 0.4) is 0 Å². The molecule has 0 atom stereocenters. The zero-order valence-corrected chi connectivity index (χ0v) is 10.6. The van der Waals surface area contributed by atoms with Crippen LogP contribution in [0.5, 0.6) is 0 Å². The van der Waals surface area contributed by atoms with Gasteiger partial charge in [0.2, 0.25) is 0 Å². The molecule has 1 heteroatoms. The first-order valence-electron chi connectivity index (χ1n) is 5.45. The highest BCUT2D eigenvalue weighted by molar-refractivity contribution is 6.32. The summed E-state index contributed by atoms with van der Waals surface area (Å²) in [6, 6.07) is 0. The zero-order valence-electron chi connectivity index (χ0n) is 9.86. The van der Waals surface area contributed by atoms with E-state index in [4.69, 9.17) is 11.6 Å². The highest BCUT2D eigenvalue weighted by Crippen LogP contribution is 2.36. The van der Waals surface area contributed by atoms with Crippen LogP contribution in [-0.2, 0) is 0 Å². The maximum atomic E-state index is 6.29. The first kappa shape index (κ1) is 12.3. The normalized spacial score (nSPS) is 18.7. The first-order valence-corrected chi connectivity index (χ1v) is 5.83. The summed E-state index contributed by atoms with van der Waals surface area (Å²) in [7, 11) is 0. The van der Waals surface area contributed by atoms with Crippen LogP contribution in [0.2, 0.25) is 0 Å². The van der Waals surface area contributed by atoms with Crippen molar-refractivity contribution in [2.75, 3.05) is 0 Å². The molecule has 0 aliphatic heterocycles. The monoisotopic (exact) mass is 222 g/mol. The van der Waals surface area contributed by atoms with Crippen molar-refractivity contribution in [3.63, 3.8) is 0 Å². The van der Waals surface area contributed by atoms with Crippen LogP contribution in [0.4, 0.5) is 0 Å². The van der Waals surface area contributed by atoms with E-state index in [0.29, 0.717) is 0 Å². The van der Waals surface area contributed by atoms with Crippen LogP contribution in [0.15, 0.2) is 46.1 Å². The van der Waals surface area contributed by atoms with Crippen LogP contribution in [-0.4, -0.2) is 0 Å². The Morgan fingerprint density at radius 3 is 2.47 bits per heavy atom. The number of rotatable bonds is 3. The second kappa shape index (κ2) is 5.37.